The largest absolute Gasteiger partial charge is 0.412 e. The lowest BCUT2D eigenvalue weighted by Gasteiger charge is -2.08. The Kier molecular flexibility index (Phi) is 4.50. The summed E-state index contributed by atoms with van der Waals surface area (Å²) in [6, 6.07) is 12.7. The van der Waals surface area contributed by atoms with Crippen molar-refractivity contribution in [1.29, 1.82) is 5.41 Å². The van der Waals surface area contributed by atoms with E-state index in [2.05, 4.69) is 5.32 Å². The van der Waals surface area contributed by atoms with E-state index in [0.717, 1.165) is 6.07 Å². The molecule has 1 amide bonds. The van der Waals surface area contributed by atoms with E-state index >= 15 is 0 Å². The molecule has 0 aliphatic carbocycles. The van der Waals surface area contributed by atoms with Gasteiger partial charge in [-0.2, -0.15) is 0 Å². The Bertz CT molecular complexity index is 659. The van der Waals surface area contributed by atoms with Crippen LogP contribution in [0.25, 0.3) is 0 Å². The van der Waals surface area contributed by atoms with Crippen LogP contribution in [0.1, 0.15) is 11.1 Å². The highest BCUT2D eigenvalue weighted by atomic mass is 19.1. The van der Waals surface area contributed by atoms with E-state index in [-0.39, 0.29) is 17.9 Å². The summed E-state index contributed by atoms with van der Waals surface area (Å²) in [6.07, 6.45) is -0.670. The summed E-state index contributed by atoms with van der Waals surface area (Å²) in [5.74, 6) is -0.345. The van der Waals surface area contributed by atoms with Crippen LogP contribution in [0.3, 0.4) is 0 Å². The number of nitrogens with two attached hydrogens (primary N) is 1. The van der Waals surface area contributed by atoms with Crippen LogP contribution in [0.2, 0.25) is 0 Å². The summed E-state index contributed by atoms with van der Waals surface area (Å²) in [5, 5.41) is 9.67. The molecule has 6 heteroatoms. The van der Waals surface area contributed by atoms with Crippen LogP contribution in [-0.2, 0) is 6.54 Å². The van der Waals surface area contributed by atoms with Gasteiger partial charge in [0.05, 0.1) is 0 Å². The summed E-state index contributed by atoms with van der Waals surface area (Å²) < 4.78 is 18.8. The Hall–Kier alpha value is -2.89. The Morgan fingerprint density at radius 1 is 1.24 bits per heavy atom. The Morgan fingerprint density at radius 3 is 2.57 bits per heavy atom. The van der Waals surface area contributed by atoms with Gasteiger partial charge in [-0.05, 0) is 18.2 Å². The minimum absolute atomic E-state index is 0.0182. The number of halogens is 1. The van der Waals surface area contributed by atoms with Crippen LogP contribution >= 0.6 is 0 Å². The maximum atomic E-state index is 13.7. The molecule has 0 saturated carbocycles. The quantitative estimate of drug-likeness (QED) is 0.596. The van der Waals surface area contributed by atoms with Gasteiger partial charge < -0.3 is 15.8 Å². The second kappa shape index (κ2) is 6.51. The van der Waals surface area contributed by atoms with Crippen LogP contribution < -0.4 is 15.8 Å². The molecule has 0 saturated heterocycles. The SMILES string of the molecule is N=C(N)c1ccc(CNC(=O)Oc2ccccc2)c(F)c1. The van der Waals surface area contributed by atoms with Gasteiger partial charge in [-0.1, -0.05) is 30.3 Å². The summed E-state index contributed by atoms with van der Waals surface area (Å²) in [6.45, 7) is -0.0182. The third-order valence-corrected chi connectivity index (χ3v) is 2.74. The van der Waals surface area contributed by atoms with Crippen molar-refractivity contribution in [3.05, 3.63) is 65.5 Å². The number of benzene rings is 2. The first-order valence-corrected chi connectivity index (χ1v) is 6.20. The van der Waals surface area contributed by atoms with Gasteiger partial charge in [0.15, 0.2) is 0 Å². The number of amides is 1. The van der Waals surface area contributed by atoms with E-state index in [1.165, 1.54) is 12.1 Å². The molecule has 0 atom stereocenters. The fourth-order valence-corrected chi connectivity index (χ4v) is 1.66. The van der Waals surface area contributed by atoms with Gasteiger partial charge in [-0.15, -0.1) is 0 Å². The van der Waals surface area contributed by atoms with E-state index in [4.69, 9.17) is 15.9 Å². The van der Waals surface area contributed by atoms with Gasteiger partial charge in [0, 0.05) is 17.7 Å². The lowest BCUT2D eigenvalue weighted by molar-refractivity contribution is 0.200. The number of hydrogen-bond acceptors (Lipinski definition) is 3. The molecule has 0 aliphatic rings. The average Bonchev–Trinajstić information content (AvgIpc) is 2.47. The number of para-hydroxylation sites is 1. The van der Waals surface area contributed by atoms with E-state index in [9.17, 15) is 9.18 Å². The van der Waals surface area contributed by atoms with Crippen LogP contribution in [0.4, 0.5) is 9.18 Å². The zero-order chi connectivity index (χ0) is 15.2. The molecule has 108 valence electrons. The van der Waals surface area contributed by atoms with Crippen LogP contribution in [-0.4, -0.2) is 11.9 Å². The van der Waals surface area contributed by atoms with Crippen LogP contribution in [0, 0.1) is 11.2 Å². The maximum absolute atomic E-state index is 13.7. The fourth-order valence-electron chi connectivity index (χ4n) is 1.66. The van der Waals surface area contributed by atoms with E-state index in [1.807, 2.05) is 0 Å². The number of nitrogens with one attached hydrogen (secondary N) is 2. The lowest BCUT2D eigenvalue weighted by Crippen LogP contribution is -2.26. The van der Waals surface area contributed by atoms with Gasteiger partial charge in [-0.3, -0.25) is 5.41 Å². The first kappa shape index (κ1) is 14.5. The first-order chi connectivity index (χ1) is 10.1. The molecule has 0 fully saturated rings. The molecule has 0 heterocycles. The van der Waals surface area contributed by atoms with Crippen molar-refractivity contribution in [2.75, 3.05) is 0 Å². The average molecular weight is 287 g/mol. The molecular weight excluding hydrogens is 273 g/mol. The summed E-state index contributed by atoms with van der Waals surface area (Å²) in [4.78, 5) is 11.6. The highest BCUT2D eigenvalue weighted by Crippen LogP contribution is 2.11. The molecule has 0 radical (unpaired) electrons. The van der Waals surface area contributed by atoms with Crippen molar-refractivity contribution in [2.45, 2.75) is 6.54 Å². The van der Waals surface area contributed by atoms with Gasteiger partial charge >= 0.3 is 6.09 Å². The van der Waals surface area contributed by atoms with Crippen molar-refractivity contribution >= 4 is 11.9 Å². The van der Waals surface area contributed by atoms with Crippen molar-refractivity contribution in [3.63, 3.8) is 0 Å². The molecule has 0 unspecified atom stereocenters. The number of rotatable bonds is 4. The number of carbonyl (C=O) groups is 1. The Morgan fingerprint density at radius 2 is 1.95 bits per heavy atom. The van der Waals surface area contributed by atoms with Gasteiger partial charge in [0.1, 0.15) is 17.4 Å². The number of amidine groups is 1. The molecule has 2 aromatic carbocycles. The van der Waals surface area contributed by atoms with Gasteiger partial charge in [0.2, 0.25) is 0 Å². The van der Waals surface area contributed by atoms with Crippen molar-refractivity contribution in [1.82, 2.24) is 5.32 Å². The summed E-state index contributed by atoms with van der Waals surface area (Å²) in [5.41, 5.74) is 5.84. The highest BCUT2D eigenvalue weighted by molar-refractivity contribution is 5.94. The lowest BCUT2D eigenvalue weighted by atomic mass is 10.1. The van der Waals surface area contributed by atoms with E-state index < -0.39 is 11.9 Å². The molecule has 4 N–H and O–H groups in total. The third kappa shape index (κ3) is 4.04. The van der Waals surface area contributed by atoms with Gasteiger partial charge in [0.25, 0.3) is 0 Å². The van der Waals surface area contributed by atoms with E-state index in [1.54, 1.807) is 30.3 Å². The second-order valence-corrected chi connectivity index (χ2v) is 4.28. The number of carbonyl (C=O) groups excluding carboxylic acids is 1. The van der Waals surface area contributed by atoms with Crippen molar-refractivity contribution < 1.29 is 13.9 Å². The van der Waals surface area contributed by atoms with Crippen LogP contribution in [0.15, 0.2) is 48.5 Å². The fraction of sp³-hybridized carbons (Fsp3) is 0.0667. The maximum Gasteiger partial charge on any atom is 0.412 e. The monoisotopic (exact) mass is 287 g/mol. The first-order valence-electron chi connectivity index (χ1n) is 6.20. The number of ether oxygens (including phenoxy) is 1. The molecule has 2 aromatic rings. The minimum Gasteiger partial charge on any atom is -0.410 e. The standard InChI is InChI=1S/C15H14FN3O2/c16-13-8-10(14(17)18)6-7-11(13)9-19-15(20)21-12-4-2-1-3-5-12/h1-8H,9H2,(H3,17,18)(H,19,20). The normalized spacial score (nSPS) is 9.95. The summed E-state index contributed by atoms with van der Waals surface area (Å²) >= 11 is 0. The zero-order valence-electron chi connectivity index (χ0n) is 11.1. The van der Waals surface area contributed by atoms with Crippen molar-refractivity contribution in [2.24, 2.45) is 5.73 Å². The minimum atomic E-state index is -0.670. The second-order valence-electron chi connectivity index (χ2n) is 4.28. The molecular formula is C15H14FN3O2. The van der Waals surface area contributed by atoms with Crippen LogP contribution in [0.5, 0.6) is 5.75 Å². The molecule has 0 spiro atoms. The van der Waals surface area contributed by atoms with Gasteiger partial charge in [-0.25, -0.2) is 9.18 Å². The highest BCUT2D eigenvalue weighted by Gasteiger charge is 2.08. The molecule has 0 aliphatic heterocycles. The molecule has 21 heavy (non-hydrogen) atoms. The molecule has 5 nitrogen and oxygen atoms in total. The Labute approximate surface area is 121 Å². The third-order valence-electron chi connectivity index (χ3n) is 2.74. The predicted octanol–water partition coefficient (Wildman–Crippen LogP) is 2.40. The molecule has 0 aromatic heterocycles. The van der Waals surface area contributed by atoms with E-state index in [0.29, 0.717) is 11.3 Å². The number of nitrogen functional groups attached to an aromatic ring is 1. The molecule has 2 rings (SSSR count). The zero-order valence-corrected chi connectivity index (χ0v) is 11.1. The van der Waals surface area contributed by atoms with Crippen molar-refractivity contribution in [3.8, 4) is 5.75 Å². The smallest absolute Gasteiger partial charge is 0.410 e. The molecule has 0 bridgehead atoms. The Balaban J connectivity index is 1.94. The predicted molar refractivity (Wildman–Crippen MR) is 76.7 cm³/mol. The topological polar surface area (TPSA) is 88.2 Å². The number of hydrogen-bond donors (Lipinski definition) is 3. The summed E-state index contributed by atoms with van der Waals surface area (Å²) in [7, 11) is 0.